The molecule has 1 saturated heterocycles. The number of quaternary nitrogens is 1. The number of nitrogens with zero attached hydrogens (tertiary/aromatic N) is 1. The normalized spacial score (nSPS) is 14.1. The quantitative estimate of drug-likeness (QED) is 0.178. The van der Waals surface area contributed by atoms with Gasteiger partial charge in [-0.1, -0.05) is 12.8 Å². The van der Waals surface area contributed by atoms with Gasteiger partial charge in [-0.3, -0.25) is 0 Å². The van der Waals surface area contributed by atoms with Crippen LogP contribution < -0.4 is 0 Å². The Bertz CT molecular complexity index is 365. The summed E-state index contributed by atoms with van der Waals surface area (Å²) in [6, 6.07) is 0. The average molecular weight is 286 g/mol. The first-order chi connectivity index (χ1) is 9.56. The van der Waals surface area contributed by atoms with E-state index in [2.05, 4.69) is 11.8 Å². The van der Waals surface area contributed by atoms with Crippen LogP contribution in [0, 0.1) is 11.8 Å². The summed E-state index contributed by atoms with van der Waals surface area (Å²) in [6.07, 6.45) is 0.887. The lowest BCUT2D eigenvalue weighted by atomic mass is 10.5. The van der Waals surface area contributed by atoms with Gasteiger partial charge in [-0.2, -0.15) is 4.79 Å². The lowest BCUT2D eigenvalue weighted by Gasteiger charge is -2.01. The van der Waals surface area contributed by atoms with Crippen molar-refractivity contribution in [1.29, 1.82) is 0 Å². The molecule has 0 aromatic rings. The SMILES string of the molecule is CC#CC(=O)OCCOCCC.CC[N+]1(CC)OC1=O. The number of carbonyl (C=O) groups excluding carboxylic acids is 2. The van der Waals surface area contributed by atoms with E-state index in [-0.39, 0.29) is 17.3 Å². The summed E-state index contributed by atoms with van der Waals surface area (Å²) in [5.41, 5.74) is 0. The van der Waals surface area contributed by atoms with Crippen LogP contribution in [0.3, 0.4) is 0 Å². The standard InChI is InChI=1S/C9H14O3.C5H10NO2/c1-3-5-9(10)12-8-7-11-6-4-2;1-3-6(4-2)5(7)8-6/h4,6-8H2,1-2H3;3-4H2,1-2H3/q;+1. The Hall–Kier alpha value is -1.58. The molecule has 0 saturated carbocycles. The van der Waals surface area contributed by atoms with Gasteiger partial charge in [0.1, 0.15) is 19.7 Å². The maximum absolute atomic E-state index is 10.6. The molecule has 1 aliphatic rings. The molecule has 0 aromatic heterocycles. The zero-order valence-electron chi connectivity index (χ0n) is 12.7. The predicted octanol–water partition coefficient (Wildman–Crippen LogP) is 1.89. The van der Waals surface area contributed by atoms with Crippen LogP contribution in [0.1, 0.15) is 34.1 Å². The number of ether oxygens (including phenoxy) is 2. The van der Waals surface area contributed by atoms with Crippen LogP contribution in [-0.4, -0.2) is 49.6 Å². The van der Waals surface area contributed by atoms with Gasteiger partial charge >= 0.3 is 12.1 Å². The summed E-state index contributed by atoms with van der Waals surface area (Å²) in [6.45, 7) is 10.5. The molecule has 0 aromatic carbocycles. The van der Waals surface area contributed by atoms with Crippen molar-refractivity contribution in [2.75, 3.05) is 32.9 Å². The molecule has 1 aliphatic heterocycles. The Morgan fingerprint density at radius 2 is 1.80 bits per heavy atom. The monoisotopic (exact) mass is 286 g/mol. The van der Waals surface area contributed by atoms with Crippen molar-refractivity contribution < 1.29 is 28.5 Å². The van der Waals surface area contributed by atoms with Crippen LogP contribution in [0.15, 0.2) is 0 Å². The minimum absolute atomic E-state index is 0.0880. The summed E-state index contributed by atoms with van der Waals surface area (Å²) in [5.74, 6) is 4.24. The predicted molar refractivity (Wildman–Crippen MR) is 73.3 cm³/mol. The van der Waals surface area contributed by atoms with E-state index in [0.29, 0.717) is 13.2 Å². The third kappa shape index (κ3) is 7.12. The summed E-state index contributed by atoms with van der Waals surface area (Å²) >= 11 is 0. The highest BCUT2D eigenvalue weighted by molar-refractivity contribution is 5.88. The second kappa shape index (κ2) is 10.2. The molecule has 1 heterocycles. The van der Waals surface area contributed by atoms with Gasteiger partial charge in [-0.15, -0.1) is 0 Å². The number of hydrogen-bond acceptors (Lipinski definition) is 5. The van der Waals surface area contributed by atoms with Crippen molar-refractivity contribution in [1.82, 2.24) is 0 Å². The minimum Gasteiger partial charge on any atom is -0.454 e. The first-order valence-corrected chi connectivity index (χ1v) is 6.84. The van der Waals surface area contributed by atoms with Crippen LogP contribution in [0.5, 0.6) is 0 Å². The van der Waals surface area contributed by atoms with Crippen LogP contribution in [0.2, 0.25) is 0 Å². The molecule has 0 N–H and O–H groups in total. The summed E-state index contributed by atoms with van der Waals surface area (Å²) in [5, 5.41) is 0. The first kappa shape index (κ1) is 18.4. The van der Waals surface area contributed by atoms with Gasteiger partial charge < -0.3 is 9.47 Å². The molecule has 6 nitrogen and oxygen atoms in total. The molecule has 6 heteroatoms. The molecule has 1 fully saturated rings. The van der Waals surface area contributed by atoms with E-state index in [0.717, 1.165) is 19.5 Å². The van der Waals surface area contributed by atoms with Crippen LogP contribution in [0.4, 0.5) is 4.79 Å². The molecule has 20 heavy (non-hydrogen) atoms. The highest BCUT2D eigenvalue weighted by atomic mass is 16.9. The van der Waals surface area contributed by atoms with Crippen LogP contribution in [0.25, 0.3) is 0 Å². The van der Waals surface area contributed by atoms with Crippen molar-refractivity contribution >= 4 is 12.1 Å². The number of carbonyl (C=O) groups is 2. The van der Waals surface area contributed by atoms with Crippen molar-refractivity contribution in [3.8, 4) is 11.8 Å². The second-order valence-electron chi connectivity index (χ2n) is 4.00. The van der Waals surface area contributed by atoms with Gasteiger partial charge in [0.2, 0.25) is 0 Å². The first-order valence-electron chi connectivity index (χ1n) is 6.84. The summed E-state index contributed by atoms with van der Waals surface area (Å²) in [7, 11) is 0. The molecular formula is C14H24NO5+. The van der Waals surface area contributed by atoms with Gasteiger partial charge in [-0.05, 0) is 31.8 Å². The van der Waals surface area contributed by atoms with Crippen molar-refractivity contribution in [2.24, 2.45) is 0 Å². The maximum atomic E-state index is 10.6. The molecular weight excluding hydrogens is 262 g/mol. The second-order valence-corrected chi connectivity index (χ2v) is 4.00. The highest BCUT2D eigenvalue weighted by Crippen LogP contribution is 2.25. The maximum Gasteiger partial charge on any atom is 0.609 e. The minimum atomic E-state index is -0.488. The number of hydrogen-bond donors (Lipinski definition) is 0. The average Bonchev–Trinajstić information content (AvgIpc) is 3.11. The summed E-state index contributed by atoms with van der Waals surface area (Å²) in [4.78, 5) is 25.7. The van der Waals surface area contributed by atoms with Gasteiger partial charge in [0.15, 0.2) is 0 Å². The number of esters is 1. The molecule has 0 unspecified atom stereocenters. The van der Waals surface area contributed by atoms with Crippen LogP contribution in [-0.2, 0) is 19.1 Å². The molecule has 1 rings (SSSR count). The Kier molecular flexibility index (Phi) is 9.43. The molecule has 0 spiro atoms. The lowest BCUT2D eigenvalue weighted by Crippen LogP contribution is -2.25. The van der Waals surface area contributed by atoms with E-state index >= 15 is 0 Å². The van der Waals surface area contributed by atoms with E-state index < -0.39 is 5.97 Å². The largest absolute Gasteiger partial charge is 0.609 e. The lowest BCUT2D eigenvalue weighted by molar-refractivity contribution is -0.891. The fourth-order valence-corrected chi connectivity index (χ4v) is 1.32. The highest BCUT2D eigenvalue weighted by Gasteiger charge is 2.59. The molecule has 0 atom stereocenters. The van der Waals surface area contributed by atoms with E-state index in [9.17, 15) is 9.59 Å². The van der Waals surface area contributed by atoms with E-state index in [1.165, 1.54) is 0 Å². The number of hydroxylamine groups is 3. The third-order valence-corrected chi connectivity index (χ3v) is 2.61. The van der Waals surface area contributed by atoms with Gasteiger partial charge in [0.25, 0.3) is 0 Å². The zero-order valence-corrected chi connectivity index (χ0v) is 12.7. The Balaban J connectivity index is 0.000000388. The summed E-state index contributed by atoms with van der Waals surface area (Å²) < 4.78 is 10.0. The Labute approximate surface area is 120 Å². The van der Waals surface area contributed by atoms with Crippen molar-refractivity contribution in [2.45, 2.75) is 34.1 Å². The zero-order chi connectivity index (χ0) is 15.4. The van der Waals surface area contributed by atoms with Crippen molar-refractivity contribution in [3.05, 3.63) is 0 Å². The fourth-order valence-electron chi connectivity index (χ4n) is 1.32. The molecule has 0 aliphatic carbocycles. The molecule has 0 radical (unpaired) electrons. The fraction of sp³-hybridized carbons (Fsp3) is 0.714. The molecule has 1 amide bonds. The van der Waals surface area contributed by atoms with Crippen molar-refractivity contribution in [3.63, 3.8) is 0 Å². The van der Waals surface area contributed by atoms with E-state index in [1.54, 1.807) is 6.92 Å². The molecule has 0 bridgehead atoms. The third-order valence-electron chi connectivity index (χ3n) is 2.61. The van der Waals surface area contributed by atoms with Gasteiger partial charge in [0, 0.05) is 12.5 Å². The Morgan fingerprint density at radius 3 is 2.15 bits per heavy atom. The van der Waals surface area contributed by atoms with Gasteiger partial charge in [-0.25, -0.2) is 9.63 Å². The van der Waals surface area contributed by atoms with E-state index in [4.69, 9.17) is 14.3 Å². The molecule has 114 valence electrons. The Morgan fingerprint density at radius 1 is 1.20 bits per heavy atom. The van der Waals surface area contributed by atoms with Gasteiger partial charge in [0.05, 0.1) is 6.61 Å². The van der Waals surface area contributed by atoms with Crippen LogP contribution >= 0.6 is 0 Å². The number of rotatable bonds is 7. The smallest absolute Gasteiger partial charge is 0.454 e. The van der Waals surface area contributed by atoms with E-state index in [1.807, 2.05) is 20.8 Å². The topological polar surface area (TPSA) is 65.1 Å². The number of amides is 1.